The number of para-hydroxylation sites is 1. The summed E-state index contributed by atoms with van der Waals surface area (Å²) in [6, 6.07) is 5.54. The molecule has 5 heteroatoms. The maximum absolute atomic E-state index is 14.3. The standard InChI is InChI=1S/C16H24FN3O/c1-11(2)19-10-13-4-3-5-14(17)15(13)20-8-6-12(7-9-20)16(18)21/h3-5,11-12,19H,6-10H2,1-2H3,(H2,18,21). The number of nitrogens with zero attached hydrogens (tertiary/aromatic N) is 1. The van der Waals surface area contributed by atoms with E-state index < -0.39 is 0 Å². The Kier molecular flexibility index (Phi) is 5.17. The summed E-state index contributed by atoms with van der Waals surface area (Å²) in [6.07, 6.45) is 1.39. The zero-order valence-corrected chi connectivity index (χ0v) is 12.7. The van der Waals surface area contributed by atoms with E-state index >= 15 is 0 Å². The van der Waals surface area contributed by atoms with Crippen LogP contribution in [-0.2, 0) is 11.3 Å². The summed E-state index contributed by atoms with van der Waals surface area (Å²) >= 11 is 0. The highest BCUT2D eigenvalue weighted by molar-refractivity contribution is 5.77. The van der Waals surface area contributed by atoms with Gasteiger partial charge in [-0.2, -0.15) is 0 Å². The summed E-state index contributed by atoms with van der Waals surface area (Å²) in [5.74, 6) is -0.522. The Hall–Kier alpha value is -1.62. The van der Waals surface area contributed by atoms with Crippen LogP contribution >= 0.6 is 0 Å². The summed E-state index contributed by atoms with van der Waals surface area (Å²) in [7, 11) is 0. The van der Waals surface area contributed by atoms with Gasteiger partial charge in [0.1, 0.15) is 5.82 Å². The van der Waals surface area contributed by atoms with Gasteiger partial charge >= 0.3 is 0 Å². The summed E-state index contributed by atoms with van der Waals surface area (Å²) in [5, 5.41) is 3.33. The third-order valence-corrected chi connectivity index (χ3v) is 3.98. The van der Waals surface area contributed by atoms with E-state index in [1.165, 1.54) is 6.07 Å². The number of amides is 1. The molecule has 1 saturated heterocycles. The van der Waals surface area contributed by atoms with Gasteiger partial charge in [0.25, 0.3) is 0 Å². The van der Waals surface area contributed by atoms with Crippen LogP contribution in [-0.4, -0.2) is 25.0 Å². The molecule has 3 N–H and O–H groups in total. The topological polar surface area (TPSA) is 58.4 Å². The van der Waals surface area contributed by atoms with Gasteiger partial charge < -0.3 is 16.0 Å². The van der Waals surface area contributed by atoms with Crippen molar-refractivity contribution in [3.63, 3.8) is 0 Å². The van der Waals surface area contributed by atoms with Crippen molar-refractivity contribution in [1.29, 1.82) is 0 Å². The number of primary amides is 1. The van der Waals surface area contributed by atoms with E-state index in [4.69, 9.17) is 5.73 Å². The molecule has 1 heterocycles. The fraction of sp³-hybridized carbons (Fsp3) is 0.562. The predicted molar refractivity (Wildman–Crippen MR) is 82.5 cm³/mol. The molecule has 0 unspecified atom stereocenters. The number of hydrogen-bond acceptors (Lipinski definition) is 3. The summed E-state index contributed by atoms with van der Waals surface area (Å²) in [4.78, 5) is 13.3. The molecule has 0 spiro atoms. The number of piperidine rings is 1. The minimum Gasteiger partial charge on any atom is -0.369 e. The van der Waals surface area contributed by atoms with Crippen LogP contribution in [0.15, 0.2) is 18.2 Å². The molecule has 116 valence electrons. The highest BCUT2D eigenvalue weighted by Crippen LogP contribution is 2.29. The van der Waals surface area contributed by atoms with E-state index in [9.17, 15) is 9.18 Å². The van der Waals surface area contributed by atoms with Gasteiger partial charge in [-0.3, -0.25) is 4.79 Å². The Bertz CT molecular complexity index is 496. The van der Waals surface area contributed by atoms with Crippen molar-refractivity contribution in [2.45, 2.75) is 39.3 Å². The minimum absolute atomic E-state index is 0.0785. The largest absolute Gasteiger partial charge is 0.369 e. The van der Waals surface area contributed by atoms with E-state index in [2.05, 4.69) is 19.2 Å². The first kappa shape index (κ1) is 15.8. The molecule has 0 radical (unpaired) electrons. The van der Waals surface area contributed by atoms with E-state index in [0.717, 1.165) is 5.56 Å². The lowest BCUT2D eigenvalue weighted by molar-refractivity contribution is -0.122. The van der Waals surface area contributed by atoms with Gasteiger partial charge in [-0.25, -0.2) is 4.39 Å². The quantitative estimate of drug-likeness (QED) is 0.873. The highest BCUT2D eigenvalue weighted by Gasteiger charge is 2.25. The number of benzene rings is 1. The molecule has 0 aliphatic carbocycles. The second-order valence-electron chi connectivity index (χ2n) is 5.95. The van der Waals surface area contributed by atoms with Crippen LogP contribution in [0.1, 0.15) is 32.3 Å². The van der Waals surface area contributed by atoms with Gasteiger partial charge in [0.15, 0.2) is 0 Å². The summed E-state index contributed by atoms with van der Waals surface area (Å²) in [5.41, 5.74) is 6.97. The molecule has 0 saturated carbocycles. The number of anilines is 1. The number of carbonyl (C=O) groups excluding carboxylic acids is 1. The van der Waals surface area contributed by atoms with E-state index in [1.54, 1.807) is 6.07 Å². The monoisotopic (exact) mass is 293 g/mol. The number of halogens is 1. The molecule has 0 aromatic heterocycles. The first-order chi connectivity index (χ1) is 9.99. The molecule has 1 aliphatic heterocycles. The van der Waals surface area contributed by atoms with Crippen molar-refractivity contribution in [1.82, 2.24) is 5.32 Å². The second kappa shape index (κ2) is 6.89. The van der Waals surface area contributed by atoms with Gasteiger partial charge in [0, 0.05) is 31.6 Å². The molecule has 0 atom stereocenters. The van der Waals surface area contributed by atoms with Gasteiger partial charge in [-0.05, 0) is 24.5 Å². The van der Waals surface area contributed by atoms with Crippen molar-refractivity contribution >= 4 is 11.6 Å². The highest BCUT2D eigenvalue weighted by atomic mass is 19.1. The van der Waals surface area contributed by atoms with Crippen molar-refractivity contribution in [2.24, 2.45) is 11.7 Å². The van der Waals surface area contributed by atoms with Crippen LogP contribution in [0.4, 0.5) is 10.1 Å². The van der Waals surface area contributed by atoms with Crippen molar-refractivity contribution in [3.05, 3.63) is 29.6 Å². The fourth-order valence-electron chi connectivity index (χ4n) is 2.76. The second-order valence-corrected chi connectivity index (χ2v) is 5.95. The molecule has 21 heavy (non-hydrogen) atoms. The van der Waals surface area contributed by atoms with Crippen molar-refractivity contribution in [3.8, 4) is 0 Å². The summed E-state index contributed by atoms with van der Waals surface area (Å²) in [6.45, 7) is 6.11. The zero-order valence-electron chi connectivity index (χ0n) is 12.7. The van der Waals surface area contributed by atoms with Crippen molar-refractivity contribution < 1.29 is 9.18 Å². The average molecular weight is 293 g/mol. The lowest BCUT2D eigenvalue weighted by Crippen LogP contribution is -2.39. The Morgan fingerprint density at radius 2 is 2.10 bits per heavy atom. The number of hydrogen-bond donors (Lipinski definition) is 2. The van der Waals surface area contributed by atoms with E-state index in [-0.39, 0.29) is 17.6 Å². The molecule has 1 amide bonds. The van der Waals surface area contributed by atoms with Crippen LogP contribution in [0.5, 0.6) is 0 Å². The zero-order chi connectivity index (χ0) is 15.4. The molecule has 1 aromatic rings. The average Bonchev–Trinajstić information content (AvgIpc) is 2.45. The third-order valence-electron chi connectivity index (χ3n) is 3.98. The molecule has 2 rings (SSSR count). The molecular formula is C16H24FN3O. The normalized spacial score (nSPS) is 16.5. The lowest BCUT2D eigenvalue weighted by atomic mass is 9.95. The van der Waals surface area contributed by atoms with Crippen LogP contribution in [0.2, 0.25) is 0 Å². The molecule has 0 bridgehead atoms. The first-order valence-electron chi connectivity index (χ1n) is 7.54. The predicted octanol–water partition coefficient (Wildman–Crippen LogP) is 2.03. The van der Waals surface area contributed by atoms with Crippen LogP contribution in [0.3, 0.4) is 0 Å². The van der Waals surface area contributed by atoms with Gasteiger partial charge in [-0.1, -0.05) is 26.0 Å². The Morgan fingerprint density at radius 3 is 2.67 bits per heavy atom. The van der Waals surface area contributed by atoms with Crippen LogP contribution in [0.25, 0.3) is 0 Å². The first-order valence-corrected chi connectivity index (χ1v) is 7.54. The van der Waals surface area contributed by atoms with Gasteiger partial charge in [0.2, 0.25) is 5.91 Å². The third kappa shape index (κ3) is 3.94. The van der Waals surface area contributed by atoms with Crippen LogP contribution in [0, 0.1) is 11.7 Å². The number of nitrogens with two attached hydrogens (primary N) is 1. The maximum Gasteiger partial charge on any atom is 0.220 e. The van der Waals surface area contributed by atoms with Crippen molar-refractivity contribution in [2.75, 3.05) is 18.0 Å². The van der Waals surface area contributed by atoms with E-state index in [1.807, 2.05) is 11.0 Å². The Balaban J connectivity index is 2.13. The Labute approximate surface area is 125 Å². The SMILES string of the molecule is CC(C)NCc1cccc(F)c1N1CCC(C(N)=O)CC1. The maximum atomic E-state index is 14.3. The molecule has 1 aromatic carbocycles. The smallest absolute Gasteiger partial charge is 0.220 e. The molecule has 1 aliphatic rings. The molecular weight excluding hydrogens is 269 g/mol. The number of rotatable bonds is 5. The lowest BCUT2D eigenvalue weighted by Gasteiger charge is -2.34. The van der Waals surface area contributed by atoms with Crippen LogP contribution < -0.4 is 16.0 Å². The molecule has 4 nitrogen and oxygen atoms in total. The van der Waals surface area contributed by atoms with Gasteiger partial charge in [-0.15, -0.1) is 0 Å². The molecule has 1 fully saturated rings. The number of nitrogens with one attached hydrogen (secondary N) is 1. The fourth-order valence-corrected chi connectivity index (χ4v) is 2.76. The summed E-state index contributed by atoms with van der Waals surface area (Å²) < 4.78 is 14.3. The Morgan fingerprint density at radius 1 is 1.43 bits per heavy atom. The minimum atomic E-state index is -0.245. The van der Waals surface area contributed by atoms with Gasteiger partial charge in [0.05, 0.1) is 5.69 Å². The van der Waals surface area contributed by atoms with E-state index in [0.29, 0.717) is 44.2 Å². The number of carbonyl (C=O) groups is 1.